The van der Waals surface area contributed by atoms with Gasteiger partial charge in [-0.2, -0.15) is 5.10 Å². The summed E-state index contributed by atoms with van der Waals surface area (Å²) >= 11 is 0. The van der Waals surface area contributed by atoms with Crippen LogP contribution in [0.25, 0.3) is 0 Å². The highest BCUT2D eigenvalue weighted by atomic mass is 16.2. The fourth-order valence-corrected chi connectivity index (χ4v) is 4.09. The number of likely N-dealkylation sites (tertiary alicyclic amines) is 1. The van der Waals surface area contributed by atoms with Crippen LogP contribution in [0.1, 0.15) is 29.3 Å². The molecule has 0 bridgehead atoms. The van der Waals surface area contributed by atoms with Gasteiger partial charge in [-0.1, -0.05) is 18.2 Å². The zero-order valence-electron chi connectivity index (χ0n) is 14.8. The van der Waals surface area contributed by atoms with Gasteiger partial charge < -0.3 is 9.80 Å². The van der Waals surface area contributed by atoms with E-state index in [-0.39, 0.29) is 30.2 Å². The molecule has 0 unspecified atom stereocenters. The molecule has 2 amide bonds. The summed E-state index contributed by atoms with van der Waals surface area (Å²) in [7, 11) is 3.66. The first-order valence-electron chi connectivity index (χ1n) is 8.62. The molecule has 1 aromatic heterocycles. The molecule has 2 atom stereocenters. The van der Waals surface area contributed by atoms with Gasteiger partial charge in [-0.3, -0.25) is 14.3 Å². The molecule has 0 saturated carbocycles. The van der Waals surface area contributed by atoms with Crippen molar-refractivity contribution in [3.63, 3.8) is 0 Å². The molecule has 1 saturated heterocycles. The number of nitrogens with zero attached hydrogens (tertiary/aromatic N) is 4. The number of carbonyl (C=O) groups is 2. The smallest absolute Gasteiger partial charge is 0.233 e. The Kier molecular flexibility index (Phi) is 3.63. The van der Waals surface area contributed by atoms with Crippen LogP contribution in [0.5, 0.6) is 0 Å². The van der Waals surface area contributed by atoms with Gasteiger partial charge in [0, 0.05) is 44.0 Å². The van der Waals surface area contributed by atoms with Crippen molar-refractivity contribution < 1.29 is 9.59 Å². The molecule has 2 aromatic rings. The van der Waals surface area contributed by atoms with Crippen molar-refractivity contribution in [2.75, 3.05) is 18.5 Å². The number of amides is 2. The summed E-state index contributed by atoms with van der Waals surface area (Å²) in [4.78, 5) is 29.3. The Bertz CT molecular complexity index is 857. The first kappa shape index (κ1) is 15.9. The number of benzene rings is 1. The van der Waals surface area contributed by atoms with Crippen molar-refractivity contribution in [3.8, 4) is 0 Å². The number of hydrogen-bond acceptors (Lipinski definition) is 3. The normalized spacial score (nSPS) is 22.6. The molecular formula is C19H22N4O2. The lowest BCUT2D eigenvalue weighted by molar-refractivity contribution is -0.128. The van der Waals surface area contributed by atoms with Crippen LogP contribution in [0.4, 0.5) is 5.69 Å². The third-order valence-corrected chi connectivity index (χ3v) is 5.65. The highest BCUT2D eigenvalue weighted by Crippen LogP contribution is 2.41. The van der Waals surface area contributed by atoms with Crippen LogP contribution in [0.15, 0.2) is 30.5 Å². The molecule has 1 aromatic carbocycles. The van der Waals surface area contributed by atoms with E-state index in [9.17, 15) is 9.59 Å². The molecule has 25 heavy (non-hydrogen) atoms. The number of carbonyl (C=O) groups excluding carboxylic acids is 2. The number of aromatic nitrogens is 2. The van der Waals surface area contributed by atoms with Crippen LogP contribution < -0.4 is 4.90 Å². The molecule has 0 spiro atoms. The van der Waals surface area contributed by atoms with Gasteiger partial charge in [-0.05, 0) is 25.0 Å². The van der Waals surface area contributed by atoms with Gasteiger partial charge in [-0.25, -0.2) is 0 Å². The molecule has 6 heteroatoms. The lowest BCUT2D eigenvalue weighted by atomic mass is 9.92. The van der Waals surface area contributed by atoms with Crippen LogP contribution in [0.3, 0.4) is 0 Å². The van der Waals surface area contributed by atoms with Gasteiger partial charge >= 0.3 is 0 Å². The van der Waals surface area contributed by atoms with E-state index >= 15 is 0 Å². The molecule has 1 fully saturated rings. The van der Waals surface area contributed by atoms with Crippen molar-refractivity contribution >= 4 is 17.5 Å². The van der Waals surface area contributed by atoms with E-state index in [0.29, 0.717) is 6.54 Å². The summed E-state index contributed by atoms with van der Waals surface area (Å²) in [6.07, 6.45) is 2.91. The van der Waals surface area contributed by atoms with Crippen LogP contribution in [0.2, 0.25) is 0 Å². The zero-order valence-corrected chi connectivity index (χ0v) is 14.8. The molecule has 2 aliphatic heterocycles. The summed E-state index contributed by atoms with van der Waals surface area (Å²) in [5, 5.41) is 4.30. The fourth-order valence-electron chi connectivity index (χ4n) is 4.09. The molecule has 2 aliphatic rings. The Morgan fingerprint density at radius 1 is 1.24 bits per heavy atom. The summed E-state index contributed by atoms with van der Waals surface area (Å²) in [5.41, 5.74) is 4.13. The maximum Gasteiger partial charge on any atom is 0.233 e. The average molecular weight is 338 g/mol. The van der Waals surface area contributed by atoms with Crippen molar-refractivity contribution in [2.24, 2.45) is 13.0 Å². The highest BCUT2D eigenvalue weighted by molar-refractivity contribution is 6.01. The largest absolute Gasteiger partial charge is 0.338 e. The van der Waals surface area contributed by atoms with E-state index in [0.717, 1.165) is 23.4 Å². The Labute approximate surface area is 147 Å². The molecule has 130 valence electrons. The molecule has 0 radical (unpaired) electrons. The van der Waals surface area contributed by atoms with Crippen molar-refractivity contribution in [1.29, 1.82) is 0 Å². The number of para-hydroxylation sites is 1. The van der Waals surface area contributed by atoms with Gasteiger partial charge in [0.05, 0.1) is 18.2 Å². The predicted molar refractivity (Wildman–Crippen MR) is 94.1 cm³/mol. The first-order chi connectivity index (χ1) is 12.0. The summed E-state index contributed by atoms with van der Waals surface area (Å²) in [6, 6.07) is 7.77. The maximum absolute atomic E-state index is 13.3. The van der Waals surface area contributed by atoms with Crippen LogP contribution >= 0.6 is 0 Å². The lowest BCUT2D eigenvalue weighted by Gasteiger charge is -2.27. The SMILES string of the molecule is Cc1c([C@@H]2[C@@H](C(=O)N3CCc4ccccc43)CC(=O)N2C)cnn1C. The van der Waals surface area contributed by atoms with Crippen molar-refractivity contribution in [1.82, 2.24) is 14.7 Å². The number of hydrogen-bond donors (Lipinski definition) is 0. The molecule has 6 nitrogen and oxygen atoms in total. The number of anilines is 1. The molecule has 4 rings (SSSR count). The van der Waals surface area contributed by atoms with Crippen LogP contribution in [-0.2, 0) is 23.1 Å². The Hall–Kier alpha value is -2.63. The highest BCUT2D eigenvalue weighted by Gasteiger charge is 2.46. The fraction of sp³-hybridized carbons (Fsp3) is 0.421. The van der Waals surface area contributed by atoms with Gasteiger partial charge in [0.1, 0.15) is 0 Å². The minimum atomic E-state index is -0.369. The minimum Gasteiger partial charge on any atom is -0.338 e. The molecule has 0 aliphatic carbocycles. The molecule has 0 N–H and O–H groups in total. The number of aryl methyl sites for hydroxylation is 1. The Morgan fingerprint density at radius 2 is 2.00 bits per heavy atom. The summed E-state index contributed by atoms with van der Waals surface area (Å²) < 4.78 is 1.79. The minimum absolute atomic E-state index is 0.0130. The summed E-state index contributed by atoms with van der Waals surface area (Å²) in [6.45, 7) is 2.66. The predicted octanol–water partition coefficient (Wildman–Crippen LogP) is 1.84. The quantitative estimate of drug-likeness (QED) is 0.839. The number of rotatable bonds is 2. The van der Waals surface area contributed by atoms with Crippen molar-refractivity contribution in [2.45, 2.75) is 25.8 Å². The average Bonchev–Trinajstić information content (AvgIpc) is 3.26. The zero-order chi connectivity index (χ0) is 17.7. The van der Waals surface area contributed by atoms with E-state index in [1.165, 1.54) is 5.56 Å². The maximum atomic E-state index is 13.3. The van der Waals surface area contributed by atoms with Crippen molar-refractivity contribution in [3.05, 3.63) is 47.3 Å². The monoisotopic (exact) mass is 338 g/mol. The Morgan fingerprint density at radius 3 is 2.72 bits per heavy atom. The van der Waals surface area contributed by atoms with Gasteiger partial charge in [-0.15, -0.1) is 0 Å². The summed E-state index contributed by atoms with van der Waals surface area (Å²) in [5.74, 6) is -0.318. The van der Waals surface area contributed by atoms with E-state index in [2.05, 4.69) is 11.2 Å². The van der Waals surface area contributed by atoms with E-state index in [4.69, 9.17) is 0 Å². The van der Waals surface area contributed by atoms with E-state index < -0.39 is 0 Å². The van der Waals surface area contributed by atoms with Gasteiger partial charge in [0.25, 0.3) is 0 Å². The third kappa shape index (κ3) is 2.35. The van der Waals surface area contributed by atoms with Crippen LogP contribution in [-0.4, -0.2) is 40.1 Å². The molecular weight excluding hydrogens is 316 g/mol. The van der Waals surface area contributed by atoms with E-state index in [1.807, 2.05) is 37.1 Å². The first-order valence-corrected chi connectivity index (χ1v) is 8.62. The Balaban J connectivity index is 1.70. The van der Waals surface area contributed by atoms with Gasteiger partial charge in [0.2, 0.25) is 11.8 Å². The number of fused-ring (bicyclic) bond motifs is 1. The second-order valence-electron chi connectivity index (χ2n) is 6.94. The second-order valence-corrected chi connectivity index (χ2v) is 6.94. The second kappa shape index (κ2) is 5.72. The van der Waals surface area contributed by atoms with Gasteiger partial charge in [0.15, 0.2) is 0 Å². The molecule has 3 heterocycles. The van der Waals surface area contributed by atoms with E-state index in [1.54, 1.807) is 22.8 Å². The topological polar surface area (TPSA) is 58.4 Å². The lowest BCUT2D eigenvalue weighted by Crippen LogP contribution is -2.37. The third-order valence-electron chi connectivity index (χ3n) is 5.65. The van der Waals surface area contributed by atoms with Crippen LogP contribution in [0, 0.1) is 12.8 Å². The standard InChI is InChI=1S/C19H22N4O2/c1-12-15(11-20-22(12)3)18-14(10-17(24)21(18)2)19(25)23-9-8-13-6-4-5-7-16(13)23/h4-7,11,14,18H,8-10H2,1-3H3/t14-,18-/m0/s1.